The molecule has 3 aromatic rings. The lowest BCUT2D eigenvalue weighted by Gasteiger charge is -2.06. The molecule has 0 atom stereocenters. The largest absolute Gasteiger partial charge is 0.465 e. The zero-order chi connectivity index (χ0) is 17.8. The molecule has 126 valence electrons. The molecular weight excluding hydrogens is 359 g/mol. The summed E-state index contributed by atoms with van der Waals surface area (Å²) in [5.41, 5.74) is 2.72. The number of rotatable bonds is 4. The summed E-state index contributed by atoms with van der Waals surface area (Å²) in [6.07, 6.45) is 3.62. The lowest BCUT2D eigenvalue weighted by Crippen LogP contribution is -2.00. The number of methoxy groups -OCH3 is 1. The van der Waals surface area contributed by atoms with E-state index in [1.54, 1.807) is 24.4 Å². The molecule has 0 radical (unpaired) electrons. The van der Waals surface area contributed by atoms with E-state index in [1.807, 2.05) is 47.2 Å². The van der Waals surface area contributed by atoms with Gasteiger partial charge in [-0.05, 0) is 54.6 Å². The molecule has 0 aliphatic carbocycles. The summed E-state index contributed by atoms with van der Waals surface area (Å²) >= 11 is 12.1. The zero-order valence-corrected chi connectivity index (χ0v) is 14.8. The quantitative estimate of drug-likeness (QED) is 0.459. The minimum Gasteiger partial charge on any atom is -0.465 e. The van der Waals surface area contributed by atoms with Crippen molar-refractivity contribution in [3.8, 4) is 5.69 Å². The van der Waals surface area contributed by atoms with Gasteiger partial charge in [-0.15, -0.1) is 0 Å². The second-order valence-electron chi connectivity index (χ2n) is 5.20. The van der Waals surface area contributed by atoms with E-state index in [4.69, 9.17) is 27.9 Å². The number of hydrogen-bond acceptors (Lipinski definition) is 3. The van der Waals surface area contributed by atoms with E-state index >= 15 is 0 Å². The maximum atomic E-state index is 11.6. The highest BCUT2D eigenvalue weighted by molar-refractivity contribution is 6.33. The minimum absolute atomic E-state index is 0.395. The van der Waals surface area contributed by atoms with Gasteiger partial charge in [-0.25, -0.2) is 4.79 Å². The maximum Gasteiger partial charge on any atom is 0.337 e. The van der Waals surface area contributed by atoms with Crippen molar-refractivity contribution in [2.24, 2.45) is 4.99 Å². The van der Waals surface area contributed by atoms with E-state index in [1.165, 1.54) is 7.11 Å². The lowest BCUT2D eigenvalue weighted by molar-refractivity contribution is 0.0601. The predicted molar refractivity (Wildman–Crippen MR) is 101 cm³/mol. The molecule has 0 spiro atoms. The summed E-state index contributed by atoms with van der Waals surface area (Å²) in [5, 5.41) is 1.13. The Morgan fingerprint density at radius 2 is 1.88 bits per heavy atom. The van der Waals surface area contributed by atoms with E-state index in [9.17, 15) is 4.79 Å². The van der Waals surface area contributed by atoms with E-state index in [0.717, 1.165) is 11.4 Å². The molecule has 0 fully saturated rings. The topological polar surface area (TPSA) is 43.6 Å². The van der Waals surface area contributed by atoms with Gasteiger partial charge in [-0.3, -0.25) is 4.99 Å². The fourth-order valence-electron chi connectivity index (χ4n) is 2.33. The van der Waals surface area contributed by atoms with Gasteiger partial charge in [0.2, 0.25) is 0 Å². The molecule has 0 unspecified atom stereocenters. The van der Waals surface area contributed by atoms with Crippen LogP contribution in [-0.4, -0.2) is 23.9 Å². The number of hydrogen-bond donors (Lipinski definition) is 0. The third kappa shape index (κ3) is 3.92. The summed E-state index contributed by atoms with van der Waals surface area (Å²) in [4.78, 5) is 16.1. The molecule has 0 N–H and O–H groups in total. The Kier molecular flexibility index (Phi) is 5.22. The number of aromatic nitrogens is 1. The summed E-state index contributed by atoms with van der Waals surface area (Å²) in [5.74, 6) is -0.433. The van der Waals surface area contributed by atoms with Crippen LogP contribution in [0.2, 0.25) is 10.0 Å². The Morgan fingerprint density at radius 1 is 1.12 bits per heavy atom. The van der Waals surface area contributed by atoms with Gasteiger partial charge < -0.3 is 9.30 Å². The fraction of sp³-hybridized carbons (Fsp3) is 0.0526. The van der Waals surface area contributed by atoms with Crippen LogP contribution in [0.5, 0.6) is 0 Å². The SMILES string of the molecule is COC(=O)c1ccc(Cl)c(N=Cc2cccn2-c2ccc(Cl)cc2)c1. The van der Waals surface area contributed by atoms with Gasteiger partial charge in [0.1, 0.15) is 0 Å². The van der Waals surface area contributed by atoms with Crippen LogP contribution >= 0.6 is 23.2 Å². The van der Waals surface area contributed by atoms with Crippen LogP contribution in [0.25, 0.3) is 5.69 Å². The monoisotopic (exact) mass is 372 g/mol. The molecule has 1 heterocycles. The van der Waals surface area contributed by atoms with Crippen molar-refractivity contribution in [1.29, 1.82) is 0 Å². The summed E-state index contributed by atoms with van der Waals surface area (Å²) < 4.78 is 6.69. The maximum absolute atomic E-state index is 11.6. The number of ether oxygens (including phenoxy) is 1. The van der Waals surface area contributed by atoms with Crippen LogP contribution in [0.3, 0.4) is 0 Å². The fourth-order valence-corrected chi connectivity index (χ4v) is 2.62. The number of halogens is 2. The van der Waals surface area contributed by atoms with E-state index in [2.05, 4.69) is 4.99 Å². The predicted octanol–water partition coefficient (Wildman–Crippen LogP) is 5.32. The van der Waals surface area contributed by atoms with Crippen molar-refractivity contribution < 1.29 is 9.53 Å². The second kappa shape index (κ2) is 7.55. The Balaban J connectivity index is 1.92. The lowest BCUT2D eigenvalue weighted by atomic mass is 10.2. The molecule has 0 bridgehead atoms. The average molecular weight is 373 g/mol. The number of aliphatic imine (C=N–C) groups is 1. The van der Waals surface area contributed by atoms with E-state index in [0.29, 0.717) is 21.3 Å². The summed E-state index contributed by atoms with van der Waals surface area (Å²) in [6.45, 7) is 0. The summed E-state index contributed by atoms with van der Waals surface area (Å²) in [7, 11) is 1.33. The molecule has 2 aromatic carbocycles. The van der Waals surface area contributed by atoms with Gasteiger partial charge in [-0.1, -0.05) is 23.2 Å². The molecule has 4 nitrogen and oxygen atoms in total. The third-order valence-electron chi connectivity index (χ3n) is 3.59. The molecule has 0 aliphatic rings. The van der Waals surface area contributed by atoms with Crippen LogP contribution in [0.4, 0.5) is 5.69 Å². The first-order valence-electron chi connectivity index (χ1n) is 7.44. The number of carbonyl (C=O) groups excluding carboxylic acids is 1. The molecule has 3 rings (SSSR count). The third-order valence-corrected chi connectivity index (χ3v) is 4.16. The van der Waals surface area contributed by atoms with Crippen molar-refractivity contribution in [3.05, 3.63) is 82.1 Å². The first-order valence-corrected chi connectivity index (χ1v) is 8.19. The highest BCUT2D eigenvalue weighted by atomic mass is 35.5. The Bertz CT molecular complexity index is 931. The minimum atomic E-state index is -0.433. The van der Waals surface area contributed by atoms with Crippen molar-refractivity contribution in [1.82, 2.24) is 4.57 Å². The van der Waals surface area contributed by atoms with Crippen LogP contribution < -0.4 is 0 Å². The Hall–Kier alpha value is -2.56. The molecule has 0 amide bonds. The molecule has 6 heteroatoms. The number of carbonyl (C=O) groups is 1. The van der Waals surface area contributed by atoms with E-state index in [-0.39, 0.29) is 0 Å². The van der Waals surface area contributed by atoms with Crippen LogP contribution in [0.15, 0.2) is 65.8 Å². The van der Waals surface area contributed by atoms with Crippen LogP contribution in [0, 0.1) is 0 Å². The average Bonchev–Trinajstić information content (AvgIpc) is 3.09. The van der Waals surface area contributed by atoms with Crippen molar-refractivity contribution >= 4 is 41.1 Å². The van der Waals surface area contributed by atoms with Gasteiger partial charge in [0.25, 0.3) is 0 Å². The Morgan fingerprint density at radius 3 is 2.60 bits per heavy atom. The smallest absolute Gasteiger partial charge is 0.337 e. The van der Waals surface area contributed by atoms with Gasteiger partial charge in [0, 0.05) is 16.9 Å². The zero-order valence-electron chi connectivity index (χ0n) is 13.3. The molecule has 25 heavy (non-hydrogen) atoms. The second-order valence-corrected chi connectivity index (χ2v) is 6.04. The number of nitrogens with zero attached hydrogens (tertiary/aromatic N) is 2. The number of benzene rings is 2. The van der Waals surface area contributed by atoms with Crippen molar-refractivity contribution in [2.75, 3.05) is 7.11 Å². The van der Waals surface area contributed by atoms with Gasteiger partial charge >= 0.3 is 5.97 Å². The van der Waals surface area contributed by atoms with E-state index < -0.39 is 5.97 Å². The van der Waals surface area contributed by atoms with Gasteiger partial charge in [0.05, 0.1) is 35.3 Å². The number of esters is 1. The first kappa shape index (κ1) is 17.3. The molecular formula is C19H14Cl2N2O2. The molecule has 0 saturated heterocycles. The normalized spacial score (nSPS) is 11.0. The Labute approximate surface area is 155 Å². The van der Waals surface area contributed by atoms with Crippen molar-refractivity contribution in [2.45, 2.75) is 0 Å². The van der Waals surface area contributed by atoms with Crippen LogP contribution in [0.1, 0.15) is 16.1 Å². The van der Waals surface area contributed by atoms with Crippen molar-refractivity contribution in [3.63, 3.8) is 0 Å². The summed E-state index contributed by atoms with van der Waals surface area (Å²) in [6, 6.07) is 16.2. The standard InChI is InChI=1S/C19H14Cl2N2O2/c1-25-19(24)13-4-9-17(21)18(11-13)22-12-16-3-2-10-23(16)15-7-5-14(20)6-8-15/h2-12H,1H3. The molecule has 0 saturated carbocycles. The first-order chi connectivity index (χ1) is 12.1. The van der Waals surface area contributed by atoms with Gasteiger partial charge in [-0.2, -0.15) is 0 Å². The molecule has 0 aliphatic heterocycles. The highest BCUT2D eigenvalue weighted by Gasteiger charge is 2.08. The van der Waals surface area contributed by atoms with Gasteiger partial charge in [0.15, 0.2) is 0 Å². The highest BCUT2D eigenvalue weighted by Crippen LogP contribution is 2.26. The molecule has 1 aromatic heterocycles. The van der Waals surface area contributed by atoms with Crippen LogP contribution in [-0.2, 0) is 4.74 Å².